The number of rotatable bonds is 4. The molecular formula is C21H32N2O. The van der Waals surface area contributed by atoms with E-state index in [0.717, 1.165) is 39.3 Å². The highest BCUT2D eigenvalue weighted by molar-refractivity contribution is 5.49. The Morgan fingerprint density at radius 1 is 1.12 bits per heavy atom. The molecule has 3 rings (SSSR count). The van der Waals surface area contributed by atoms with Crippen LogP contribution in [0, 0.1) is 0 Å². The van der Waals surface area contributed by atoms with Gasteiger partial charge in [-0.05, 0) is 47.9 Å². The zero-order valence-electron chi connectivity index (χ0n) is 15.5. The van der Waals surface area contributed by atoms with E-state index in [-0.39, 0.29) is 5.41 Å². The molecule has 1 aromatic carbocycles. The first-order valence-electron chi connectivity index (χ1n) is 9.37. The van der Waals surface area contributed by atoms with Gasteiger partial charge < -0.3 is 15.0 Å². The van der Waals surface area contributed by atoms with Crippen LogP contribution in [0.4, 0.5) is 5.69 Å². The van der Waals surface area contributed by atoms with Gasteiger partial charge in [0.1, 0.15) is 0 Å². The van der Waals surface area contributed by atoms with Crippen LogP contribution in [0.15, 0.2) is 35.9 Å². The van der Waals surface area contributed by atoms with Gasteiger partial charge in [-0.3, -0.25) is 0 Å². The van der Waals surface area contributed by atoms with Crippen molar-refractivity contribution in [2.24, 2.45) is 0 Å². The van der Waals surface area contributed by atoms with Gasteiger partial charge in [0.15, 0.2) is 0 Å². The maximum Gasteiger partial charge on any atom is 0.0689 e. The van der Waals surface area contributed by atoms with Crippen molar-refractivity contribution in [1.29, 1.82) is 0 Å². The molecule has 0 amide bonds. The first-order chi connectivity index (χ1) is 11.5. The molecule has 1 saturated heterocycles. The summed E-state index contributed by atoms with van der Waals surface area (Å²) in [4.78, 5) is 2.52. The van der Waals surface area contributed by atoms with Crippen molar-refractivity contribution >= 4 is 5.69 Å². The molecule has 0 atom stereocenters. The van der Waals surface area contributed by atoms with Crippen LogP contribution in [0.1, 0.15) is 45.6 Å². The van der Waals surface area contributed by atoms with Crippen molar-refractivity contribution < 1.29 is 4.74 Å². The summed E-state index contributed by atoms with van der Waals surface area (Å²) in [5, 5.41) is 3.72. The molecule has 0 aromatic heterocycles. The molecule has 0 bridgehead atoms. The Hall–Kier alpha value is -1.32. The number of nitrogens with one attached hydrogen (secondary N) is 1. The van der Waals surface area contributed by atoms with E-state index in [2.05, 4.69) is 61.3 Å². The highest BCUT2D eigenvalue weighted by Gasteiger charge is 2.20. The van der Waals surface area contributed by atoms with E-state index in [1.165, 1.54) is 29.7 Å². The molecule has 2 heterocycles. The molecule has 0 saturated carbocycles. The highest BCUT2D eigenvalue weighted by atomic mass is 16.5. The smallest absolute Gasteiger partial charge is 0.0689 e. The summed E-state index contributed by atoms with van der Waals surface area (Å²) in [7, 11) is 0. The van der Waals surface area contributed by atoms with Gasteiger partial charge in [-0.2, -0.15) is 0 Å². The molecule has 0 radical (unpaired) electrons. The Labute approximate surface area is 147 Å². The summed E-state index contributed by atoms with van der Waals surface area (Å²) < 4.78 is 5.51. The average Bonchev–Trinajstić information content (AvgIpc) is 2.61. The second-order valence-electron chi connectivity index (χ2n) is 8.14. The lowest BCUT2D eigenvalue weighted by atomic mass is 9.87. The minimum absolute atomic E-state index is 0.229. The molecular weight excluding hydrogens is 296 g/mol. The van der Waals surface area contributed by atoms with Gasteiger partial charge in [-0.1, -0.05) is 39.0 Å². The molecule has 0 spiro atoms. The Kier molecular flexibility index (Phi) is 5.62. The van der Waals surface area contributed by atoms with E-state index in [1.807, 2.05) is 0 Å². The summed E-state index contributed by atoms with van der Waals surface area (Å²) in [6.07, 6.45) is 5.84. The standard InChI is InChI=1S/C21H32N2O/c1-21(2,3)18-6-8-20(9-7-18)23-12-10-19(11-13-23)22-15-17-5-4-14-24-16-17/h5-9,19,22H,4,10-16H2,1-3H3. The number of anilines is 1. The maximum absolute atomic E-state index is 5.51. The average molecular weight is 329 g/mol. The first-order valence-corrected chi connectivity index (χ1v) is 9.37. The van der Waals surface area contributed by atoms with Crippen LogP contribution in [0.5, 0.6) is 0 Å². The van der Waals surface area contributed by atoms with E-state index in [1.54, 1.807) is 0 Å². The molecule has 0 aliphatic carbocycles. The van der Waals surface area contributed by atoms with Crippen molar-refractivity contribution in [3.63, 3.8) is 0 Å². The molecule has 1 N–H and O–H groups in total. The molecule has 1 aromatic rings. The molecule has 132 valence electrons. The molecule has 1 fully saturated rings. The Morgan fingerprint density at radius 2 is 1.83 bits per heavy atom. The molecule has 2 aliphatic heterocycles. The fourth-order valence-electron chi connectivity index (χ4n) is 3.52. The number of hydrogen-bond acceptors (Lipinski definition) is 3. The van der Waals surface area contributed by atoms with Gasteiger partial charge in [-0.15, -0.1) is 0 Å². The van der Waals surface area contributed by atoms with Crippen LogP contribution >= 0.6 is 0 Å². The lowest BCUT2D eigenvalue weighted by Gasteiger charge is -2.34. The third kappa shape index (κ3) is 4.61. The summed E-state index contributed by atoms with van der Waals surface area (Å²) in [6, 6.07) is 9.79. The lowest BCUT2D eigenvalue weighted by Crippen LogP contribution is -2.43. The fraction of sp³-hybridized carbons (Fsp3) is 0.619. The first kappa shape index (κ1) is 17.5. The third-order valence-corrected chi connectivity index (χ3v) is 5.19. The van der Waals surface area contributed by atoms with Gasteiger partial charge in [0.25, 0.3) is 0 Å². The number of nitrogens with zero attached hydrogens (tertiary/aromatic N) is 1. The van der Waals surface area contributed by atoms with E-state index in [0.29, 0.717) is 6.04 Å². The van der Waals surface area contributed by atoms with Crippen LogP contribution in [0.3, 0.4) is 0 Å². The van der Waals surface area contributed by atoms with Crippen molar-refractivity contribution in [1.82, 2.24) is 5.32 Å². The highest BCUT2D eigenvalue weighted by Crippen LogP contribution is 2.26. The molecule has 2 aliphatic rings. The maximum atomic E-state index is 5.51. The van der Waals surface area contributed by atoms with Crippen molar-refractivity contribution in [2.45, 2.75) is 51.5 Å². The summed E-state index contributed by atoms with van der Waals surface area (Å²) >= 11 is 0. The predicted molar refractivity (Wildman–Crippen MR) is 102 cm³/mol. The number of hydrogen-bond donors (Lipinski definition) is 1. The van der Waals surface area contributed by atoms with E-state index >= 15 is 0 Å². The van der Waals surface area contributed by atoms with Gasteiger partial charge in [0, 0.05) is 31.4 Å². The summed E-state index contributed by atoms with van der Waals surface area (Å²) in [5.41, 5.74) is 4.42. The molecule has 0 unspecified atom stereocenters. The second-order valence-corrected chi connectivity index (χ2v) is 8.14. The van der Waals surface area contributed by atoms with Crippen LogP contribution in [-0.2, 0) is 10.2 Å². The van der Waals surface area contributed by atoms with Crippen LogP contribution in [0.25, 0.3) is 0 Å². The van der Waals surface area contributed by atoms with Crippen LogP contribution in [0.2, 0.25) is 0 Å². The number of benzene rings is 1. The Balaban J connectivity index is 1.47. The van der Waals surface area contributed by atoms with E-state index < -0.39 is 0 Å². The van der Waals surface area contributed by atoms with Crippen LogP contribution in [-0.4, -0.2) is 38.9 Å². The van der Waals surface area contributed by atoms with Crippen molar-refractivity contribution in [3.05, 3.63) is 41.5 Å². The molecule has 24 heavy (non-hydrogen) atoms. The molecule has 3 nitrogen and oxygen atoms in total. The Bertz CT molecular complexity index is 548. The minimum atomic E-state index is 0.229. The van der Waals surface area contributed by atoms with Gasteiger partial charge in [0.2, 0.25) is 0 Å². The SMILES string of the molecule is CC(C)(C)c1ccc(N2CCC(NCC3=CCCOC3)CC2)cc1. The summed E-state index contributed by atoms with van der Waals surface area (Å²) in [5.74, 6) is 0. The van der Waals surface area contributed by atoms with Crippen LogP contribution < -0.4 is 10.2 Å². The predicted octanol–water partition coefficient (Wildman–Crippen LogP) is 3.89. The van der Waals surface area contributed by atoms with E-state index in [9.17, 15) is 0 Å². The zero-order chi connectivity index (χ0) is 17.0. The quantitative estimate of drug-likeness (QED) is 0.849. The van der Waals surface area contributed by atoms with Gasteiger partial charge in [-0.25, -0.2) is 0 Å². The normalized spacial score (nSPS) is 20.1. The number of piperidine rings is 1. The van der Waals surface area contributed by atoms with Gasteiger partial charge in [0.05, 0.1) is 13.2 Å². The minimum Gasteiger partial charge on any atom is -0.377 e. The lowest BCUT2D eigenvalue weighted by molar-refractivity contribution is 0.148. The summed E-state index contributed by atoms with van der Waals surface area (Å²) in [6.45, 7) is 11.8. The third-order valence-electron chi connectivity index (χ3n) is 5.19. The van der Waals surface area contributed by atoms with Gasteiger partial charge >= 0.3 is 0 Å². The van der Waals surface area contributed by atoms with E-state index in [4.69, 9.17) is 4.74 Å². The van der Waals surface area contributed by atoms with Crippen molar-refractivity contribution in [3.8, 4) is 0 Å². The zero-order valence-corrected chi connectivity index (χ0v) is 15.5. The van der Waals surface area contributed by atoms with Crippen molar-refractivity contribution in [2.75, 3.05) is 37.7 Å². The molecule has 3 heteroatoms. The Morgan fingerprint density at radius 3 is 2.42 bits per heavy atom. The largest absolute Gasteiger partial charge is 0.377 e. The topological polar surface area (TPSA) is 24.5 Å². The monoisotopic (exact) mass is 328 g/mol. The number of ether oxygens (including phenoxy) is 1. The fourth-order valence-corrected chi connectivity index (χ4v) is 3.52. The second kappa shape index (κ2) is 7.71.